The maximum absolute atomic E-state index is 11.1. The molecule has 17 heavy (non-hydrogen) atoms. The fraction of sp³-hybridized carbons (Fsp3) is 0.667. The van der Waals surface area contributed by atoms with Crippen LogP contribution in [0.25, 0.3) is 0 Å². The highest BCUT2D eigenvalue weighted by Crippen LogP contribution is 2.02. The van der Waals surface area contributed by atoms with Gasteiger partial charge < -0.3 is 14.3 Å². The van der Waals surface area contributed by atoms with Crippen molar-refractivity contribution in [2.75, 3.05) is 33.8 Å². The van der Waals surface area contributed by atoms with Crippen LogP contribution in [-0.2, 0) is 14.3 Å². The molecular weight excluding hydrogens is 222 g/mol. The first-order chi connectivity index (χ1) is 7.74. The van der Waals surface area contributed by atoms with Crippen molar-refractivity contribution in [2.45, 2.75) is 19.8 Å². The van der Waals surface area contributed by atoms with Gasteiger partial charge >= 0.3 is 11.9 Å². The second-order valence-electron chi connectivity index (χ2n) is 4.80. The average Bonchev–Trinajstić information content (AvgIpc) is 2.15. The van der Waals surface area contributed by atoms with Gasteiger partial charge in [-0.1, -0.05) is 6.58 Å². The molecule has 0 aromatic heterocycles. The van der Waals surface area contributed by atoms with Crippen molar-refractivity contribution < 1.29 is 23.9 Å². The van der Waals surface area contributed by atoms with E-state index in [2.05, 4.69) is 6.58 Å². The highest BCUT2D eigenvalue weighted by Gasteiger charge is 2.16. The molecule has 0 bridgehead atoms. The van der Waals surface area contributed by atoms with E-state index >= 15 is 0 Å². The van der Waals surface area contributed by atoms with Crippen LogP contribution in [0.15, 0.2) is 12.2 Å². The minimum atomic E-state index is -0.779. The number of carbonyl (C=O) groups is 2. The Balaban J connectivity index is 3.81. The molecule has 0 aromatic rings. The van der Waals surface area contributed by atoms with Crippen molar-refractivity contribution in [1.29, 1.82) is 0 Å². The van der Waals surface area contributed by atoms with E-state index in [4.69, 9.17) is 9.84 Å². The molecule has 0 aliphatic heterocycles. The molecule has 5 nitrogen and oxygen atoms in total. The zero-order valence-electron chi connectivity index (χ0n) is 10.9. The number of aliphatic carboxylic acids is 1. The fourth-order valence-electron chi connectivity index (χ4n) is 1.28. The van der Waals surface area contributed by atoms with E-state index in [9.17, 15) is 9.59 Å². The summed E-state index contributed by atoms with van der Waals surface area (Å²) in [6.07, 6.45) is 0.796. The van der Waals surface area contributed by atoms with Gasteiger partial charge in [0.2, 0.25) is 0 Å². The van der Waals surface area contributed by atoms with E-state index in [0.717, 1.165) is 6.54 Å². The van der Waals surface area contributed by atoms with Crippen LogP contribution in [-0.4, -0.2) is 55.3 Å². The smallest absolute Gasteiger partial charge is 0.333 e. The summed E-state index contributed by atoms with van der Waals surface area (Å²) in [6, 6.07) is 0. The molecule has 0 unspecified atom stereocenters. The first-order valence-electron chi connectivity index (χ1n) is 5.61. The van der Waals surface area contributed by atoms with Crippen molar-refractivity contribution in [2.24, 2.45) is 0 Å². The molecule has 0 amide bonds. The maximum Gasteiger partial charge on any atom is 0.333 e. The normalized spacial score (nSPS) is 11.0. The van der Waals surface area contributed by atoms with E-state index in [1.54, 1.807) is 6.92 Å². The molecule has 0 saturated carbocycles. The number of hydrogen-bond acceptors (Lipinski definition) is 3. The summed E-state index contributed by atoms with van der Waals surface area (Å²) in [5, 5.41) is 8.53. The molecule has 0 aliphatic carbocycles. The lowest BCUT2D eigenvalue weighted by atomic mass is 10.3. The highest BCUT2D eigenvalue weighted by molar-refractivity contribution is 5.86. The number of carboxylic acid groups (broad SMARTS) is 1. The monoisotopic (exact) mass is 244 g/mol. The Bertz CT molecular complexity index is 297. The number of carbonyl (C=O) groups excluding carboxylic acids is 1. The minimum absolute atomic E-state index is 0.174. The molecular formula is C12H22NO4+. The third-order valence-electron chi connectivity index (χ3n) is 2.43. The van der Waals surface area contributed by atoms with Gasteiger partial charge in [0.05, 0.1) is 27.1 Å². The van der Waals surface area contributed by atoms with Gasteiger partial charge in [0, 0.05) is 12.0 Å². The zero-order valence-corrected chi connectivity index (χ0v) is 10.9. The minimum Gasteiger partial charge on any atom is -0.481 e. The fourth-order valence-corrected chi connectivity index (χ4v) is 1.28. The molecule has 0 saturated heterocycles. The van der Waals surface area contributed by atoms with Crippen LogP contribution in [0.3, 0.4) is 0 Å². The van der Waals surface area contributed by atoms with Crippen molar-refractivity contribution in [3.05, 3.63) is 12.2 Å². The Morgan fingerprint density at radius 1 is 1.29 bits per heavy atom. The summed E-state index contributed by atoms with van der Waals surface area (Å²) in [6.45, 7) is 6.84. The highest BCUT2D eigenvalue weighted by atomic mass is 16.5. The lowest BCUT2D eigenvalue weighted by Crippen LogP contribution is -2.43. The summed E-state index contributed by atoms with van der Waals surface area (Å²) in [4.78, 5) is 21.5. The SMILES string of the molecule is C=C(C)C(=O)OCC[N+](C)(C)CCCC(=O)O. The standard InChI is InChI=1S/C12H21NO4/c1-10(2)12(16)17-9-8-13(3,4)7-5-6-11(14)15/h1,5-9H2,2-4H3/p+1. The molecule has 98 valence electrons. The summed E-state index contributed by atoms with van der Waals surface area (Å²) in [7, 11) is 3.97. The van der Waals surface area contributed by atoms with Gasteiger partial charge in [-0.2, -0.15) is 0 Å². The molecule has 1 N–H and O–H groups in total. The second kappa shape index (κ2) is 7.06. The summed E-state index contributed by atoms with van der Waals surface area (Å²) >= 11 is 0. The number of quaternary nitrogens is 1. The Hall–Kier alpha value is -1.36. The first kappa shape index (κ1) is 15.6. The number of nitrogens with zero attached hydrogens (tertiary/aromatic N) is 1. The number of carboxylic acids is 1. The van der Waals surface area contributed by atoms with Crippen LogP contribution in [0.5, 0.6) is 0 Å². The van der Waals surface area contributed by atoms with Crippen LogP contribution in [0, 0.1) is 0 Å². The topological polar surface area (TPSA) is 63.6 Å². The summed E-state index contributed by atoms with van der Waals surface area (Å²) in [5.74, 6) is -1.16. The molecule has 0 spiro atoms. The number of esters is 1. The van der Waals surface area contributed by atoms with Crippen LogP contribution >= 0.6 is 0 Å². The van der Waals surface area contributed by atoms with Crippen LogP contribution < -0.4 is 0 Å². The number of ether oxygens (including phenoxy) is 1. The zero-order chi connectivity index (χ0) is 13.5. The second-order valence-corrected chi connectivity index (χ2v) is 4.80. The van der Waals surface area contributed by atoms with Gasteiger partial charge in [0.25, 0.3) is 0 Å². The lowest BCUT2D eigenvalue weighted by Gasteiger charge is -2.29. The number of hydrogen-bond donors (Lipinski definition) is 1. The molecule has 0 aromatic carbocycles. The average molecular weight is 244 g/mol. The summed E-state index contributed by atoms with van der Waals surface area (Å²) in [5.41, 5.74) is 0.390. The van der Waals surface area contributed by atoms with Gasteiger partial charge in [0.1, 0.15) is 13.2 Å². The first-order valence-corrected chi connectivity index (χ1v) is 5.61. The Labute approximate surface area is 102 Å². The van der Waals surface area contributed by atoms with Crippen molar-refractivity contribution >= 4 is 11.9 Å². The van der Waals surface area contributed by atoms with Gasteiger partial charge in [-0.25, -0.2) is 4.79 Å². The van der Waals surface area contributed by atoms with Gasteiger partial charge in [-0.3, -0.25) is 4.79 Å². The molecule has 0 radical (unpaired) electrons. The summed E-state index contributed by atoms with van der Waals surface area (Å²) < 4.78 is 5.63. The molecule has 0 fully saturated rings. The van der Waals surface area contributed by atoms with Gasteiger partial charge in [0.15, 0.2) is 0 Å². The quantitative estimate of drug-likeness (QED) is 0.394. The Kier molecular flexibility index (Phi) is 6.50. The number of likely N-dealkylation sites (N-methyl/N-ethyl adjacent to an activating group) is 1. The predicted octanol–water partition coefficient (Wildman–Crippen LogP) is 1.05. The predicted molar refractivity (Wildman–Crippen MR) is 64.5 cm³/mol. The third kappa shape index (κ3) is 8.45. The molecule has 0 rings (SSSR count). The van der Waals surface area contributed by atoms with Crippen LogP contribution in [0.4, 0.5) is 0 Å². The molecule has 5 heteroatoms. The maximum atomic E-state index is 11.1. The van der Waals surface area contributed by atoms with Crippen LogP contribution in [0.2, 0.25) is 0 Å². The number of rotatable bonds is 8. The molecule has 0 heterocycles. The molecule has 0 atom stereocenters. The van der Waals surface area contributed by atoms with E-state index in [1.807, 2.05) is 14.1 Å². The van der Waals surface area contributed by atoms with Crippen molar-refractivity contribution in [3.63, 3.8) is 0 Å². The third-order valence-corrected chi connectivity index (χ3v) is 2.43. The largest absolute Gasteiger partial charge is 0.481 e. The lowest BCUT2D eigenvalue weighted by molar-refractivity contribution is -0.890. The van der Waals surface area contributed by atoms with Gasteiger partial charge in [-0.15, -0.1) is 0 Å². The Morgan fingerprint density at radius 3 is 2.35 bits per heavy atom. The van der Waals surface area contributed by atoms with E-state index in [-0.39, 0.29) is 12.4 Å². The molecule has 0 aliphatic rings. The van der Waals surface area contributed by atoms with E-state index < -0.39 is 5.97 Å². The van der Waals surface area contributed by atoms with Crippen LogP contribution in [0.1, 0.15) is 19.8 Å². The van der Waals surface area contributed by atoms with Crippen molar-refractivity contribution in [1.82, 2.24) is 0 Å². The Morgan fingerprint density at radius 2 is 1.88 bits per heavy atom. The van der Waals surface area contributed by atoms with E-state index in [1.165, 1.54) is 0 Å². The van der Waals surface area contributed by atoms with Crippen molar-refractivity contribution in [3.8, 4) is 0 Å². The van der Waals surface area contributed by atoms with E-state index in [0.29, 0.717) is 29.6 Å². The van der Waals surface area contributed by atoms with Gasteiger partial charge in [-0.05, 0) is 6.92 Å².